The number of aliphatic hydroxyl groups excluding tert-OH is 1. The molecule has 37 heavy (non-hydrogen) atoms. The summed E-state index contributed by atoms with van der Waals surface area (Å²) in [7, 11) is 1.34. The van der Waals surface area contributed by atoms with Gasteiger partial charge in [0, 0.05) is 17.8 Å². The van der Waals surface area contributed by atoms with Crippen molar-refractivity contribution in [3.63, 3.8) is 0 Å². The highest BCUT2D eigenvalue weighted by atomic mass is 16.7. The normalized spacial score (nSPS) is 38.8. The van der Waals surface area contributed by atoms with E-state index in [1.165, 1.54) is 24.7 Å². The SMILES string of the molecule is C=CC(O)(C=C)[C@@H](C)C=C[C@@H](C)[C@H]1CC[C@H]2C3=CC=C4C[C@@H](O)C[C@H](OC(=O)OC)[C@]4(C)[C@H]3CC[C@]12C. The van der Waals surface area contributed by atoms with Crippen LogP contribution in [0.15, 0.2) is 60.8 Å². The van der Waals surface area contributed by atoms with Crippen molar-refractivity contribution in [3.8, 4) is 0 Å². The van der Waals surface area contributed by atoms with Gasteiger partial charge >= 0.3 is 6.16 Å². The number of ether oxygens (including phenoxy) is 2. The summed E-state index contributed by atoms with van der Waals surface area (Å²) in [6, 6.07) is 0. The van der Waals surface area contributed by atoms with Crippen molar-refractivity contribution in [2.75, 3.05) is 7.11 Å². The zero-order valence-electron chi connectivity index (χ0n) is 23.3. The van der Waals surface area contributed by atoms with Gasteiger partial charge in [0.25, 0.3) is 0 Å². The molecule has 9 atom stereocenters. The van der Waals surface area contributed by atoms with Crippen LogP contribution in [0.25, 0.3) is 0 Å². The summed E-state index contributed by atoms with van der Waals surface area (Å²) in [4.78, 5) is 12.1. The molecule has 0 bridgehead atoms. The van der Waals surface area contributed by atoms with Gasteiger partial charge in [-0.3, -0.25) is 0 Å². The van der Waals surface area contributed by atoms with E-state index < -0.39 is 24.0 Å². The average molecular weight is 511 g/mol. The summed E-state index contributed by atoms with van der Waals surface area (Å²) in [5.41, 5.74) is 1.46. The average Bonchev–Trinajstić information content (AvgIpc) is 3.24. The molecule has 0 heterocycles. The molecule has 5 nitrogen and oxygen atoms in total. The third kappa shape index (κ3) is 4.57. The molecule has 0 radical (unpaired) electrons. The Morgan fingerprint density at radius 2 is 1.84 bits per heavy atom. The number of hydrogen-bond acceptors (Lipinski definition) is 5. The van der Waals surface area contributed by atoms with Crippen molar-refractivity contribution in [2.45, 2.75) is 84.0 Å². The van der Waals surface area contributed by atoms with Crippen LogP contribution < -0.4 is 0 Å². The van der Waals surface area contributed by atoms with Gasteiger partial charge < -0.3 is 19.7 Å². The molecule has 0 unspecified atom stereocenters. The zero-order chi connectivity index (χ0) is 27.2. The number of carbonyl (C=O) groups is 1. The zero-order valence-corrected chi connectivity index (χ0v) is 23.3. The van der Waals surface area contributed by atoms with Crippen LogP contribution in [0.2, 0.25) is 0 Å². The lowest BCUT2D eigenvalue weighted by Gasteiger charge is -2.56. The number of carbonyl (C=O) groups excluding carboxylic acids is 1. The summed E-state index contributed by atoms with van der Waals surface area (Å²) in [5, 5.41) is 21.3. The molecule has 4 aliphatic carbocycles. The Morgan fingerprint density at radius 3 is 2.49 bits per heavy atom. The maximum absolute atomic E-state index is 12.1. The van der Waals surface area contributed by atoms with Gasteiger partial charge in [-0.25, -0.2) is 4.79 Å². The van der Waals surface area contributed by atoms with Crippen LogP contribution in [0.3, 0.4) is 0 Å². The van der Waals surface area contributed by atoms with E-state index in [0.717, 1.165) is 19.3 Å². The Labute approximate surface area is 223 Å². The van der Waals surface area contributed by atoms with Crippen LogP contribution >= 0.6 is 0 Å². The van der Waals surface area contributed by atoms with E-state index in [-0.39, 0.29) is 16.7 Å². The molecule has 3 fully saturated rings. The van der Waals surface area contributed by atoms with Crippen LogP contribution in [0, 0.1) is 40.4 Å². The van der Waals surface area contributed by atoms with Crippen LogP contribution in [0.4, 0.5) is 4.79 Å². The van der Waals surface area contributed by atoms with Gasteiger partial charge in [0.15, 0.2) is 0 Å². The number of hydrogen-bond donors (Lipinski definition) is 2. The van der Waals surface area contributed by atoms with Crippen molar-refractivity contribution in [1.29, 1.82) is 0 Å². The first-order valence-electron chi connectivity index (χ1n) is 14.0. The topological polar surface area (TPSA) is 76.0 Å². The second kappa shape index (κ2) is 10.2. The molecule has 4 aliphatic rings. The molecule has 4 rings (SSSR count). The third-order valence-corrected chi connectivity index (χ3v) is 10.8. The molecule has 0 spiro atoms. The highest BCUT2D eigenvalue weighted by molar-refractivity contribution is 5.60. The smallest absolute Gasteiger partial charge is 0.438 e. The van der Waals surface area contributed by atoms with Gasteiger partial charge in [-0.05, 0) is 61.2 Å². The summed E-state index contributed by atoms with van der Waals surface area (Å²) < 4.78 is 10.6. The van der Waals surface area contributed by atoms with Crippen LogP contribution in [-0.4, -0.2) is 41.3 Å². The van der Waals surface area contributed by atoms with E-state index >= 15 is 0 Å². The number of fused-ring (bicyclic) bond motifs is 5. The Kier molecular flexibility index (Phi) is 7.71. The van der Waals surface area contributed by atoms with Crippen molar-refractivity contribution in [2.24, 2.45) is 40.4 Å². The molecule has 0 aromatic rings. The van der Waals surface area contributed by atoms with Crippen molar-refractivity contribution < 1.29 is 24.5 Å². The van der Waals surface area contributed by atoms with E-state index in [1.807, 2.05) is 6.92 Å². The fourth-order valence-corrected chi connectivity index (χ4v) is 8.35. The number of aliphatic hydroxyl groups is 2. The predicted octanol–water partition coefficient (Wildman–Crippen LogP) is 6.54. The van der Waals surface area contributed by atoms with Crippen molar-refractivity contribution >= 4 is 6.16 Å². The standard InChI is InChI=1S/C32H46O5/c1-8-32(35,9-2)21(4)11-10-20(3)25-14-15-26-24-13-12-22-18-23(33)19-28(37-29(34)36-7)31(22,6)27(24)16-17-30(25,26)5/h8-13,20-21,23,25-28,33,35H,1-2,14-19H2,3-7H3/t20-,21+,23-,25-,26+,27+,28+,30-,31+/m1/s1. The number of allylic oxidation sites excluding steroid dienone is 4. The van der Waals surface area contributed by atoms with E-state index in [2.05, 4.69) is 58.2 Å². The van der Waals surface area contributed by atoms with Gasteiger partial charge in [-0.15, -0.1) is 0 Å². The van der Waals surface area contributed by atoms with Gasteiger partial charge in [-0.1, -0.05) is 88.5 Å². The molecular formula is C32H46O5. The molecule has 2 N–H and O–H groups in total. The lowest BCUT2D eigenvalue weighted by atomic mass is 9.49. The number of methoxy groups -OCH3 is 1. The van der Waals surface area contributed by atoms with Gasteiger partial charge in [0.05, 0.1) is 13.2 Å². The summed E-state index contributed by atoms with van der Waals surface area (Å²) in [6.07, 6.45) is 16.0. The quantitative estimate of drug-likeness (QED) is 0.300. The Morgan fingerprint density at radius 1 is 1.14 bits per heavy atom. The van der Waals surface area contributed by atoms with E-state index in [4.69, 9.17) is 9.47 Å². The van der Waals surface area contributed by atoms with Crippen molar-refractivity contribution in [1.82, 2.24) is 0 Å². The van der Waals surface area contributed by atoms with Crippen LogP contribution in [-0.2, 0) is 9.47 Å². The monoisotopic (exact) mass is 510 g/mol. The minimum Gasteiger partial charge on any atom is -0.438 e. The van der Waals surface area contributed by atoms with Gasteiger partial charge in [0.2, 0.25) is 0 Å². The van der Waals surface area contributed by atoms with Gasteiger partial charge in [-0.2, -0.15) is 0 Å². The fraction of sp³-hybridized carbons (Fsp3) is 0.656. The third-order valence-electron chi connectivity index (χ3n) is 10.8. The molecule has 204 valence electrons. The summed E-state index contributed by atoms with van der Waals surface area (Å²) >= 11 is 0. The number of rotatable bonds is 7. The highest BCUT2D eigenvalue weighted by Gasteiger charge is 2.59. The Hall–Kier alpha value is -2.11. The highest BCUT2D eigenvalue weighted by Crippen LogP contribution is 2.66. The lowest BCUT2D eigenvalue weighted by molar-refractivity contribution is -0.0760. The van der Waals surface area contributed by atoms with E-state index in [1.54, 1.807) is 12.2 Å². The first-order valence-corrected chi connectivity index (χ1v) is 14.0. The van der Waals surface area contributed by atoms with E-state index in [0.29, 0.717) is 36.5 Å². The second-order valence-electron chi connectivity index (χ2n) is 12.5. The maximum atomic E-state index is 12.1. The lowest BCUT2D eigenvalue weighted by Crippen LogP contribution is -2.53. The fourth-order valence-electron chi connectivity index (χ4n) is 8.35. The molecule has 5 heteroatoms. The summed E-state index contributed by atoms with van der Waals surface area (Å²) in [5.74, 6) is 1.63. The van der Waals surface area contributed by atoms with E-state index in [9.17, 15) is 15.0 Å². The minimum absolute atomic E-state index is 0.0938. The molecule has 0 aromatic heterocycles. The Balaban J connectivity index is 1.58. The summed E-state index contributed by atoms with van der Waals surface area (Å²) in [6.45, 7) is 16.6. The van der Waals surface area contributed by atoms with Gasteiger partial charge in [0.1, 0.15) is 11.7 Å². The predicted molar refractivity (Wildman–Crippen MR) is 147 cm³/mol. The molecule has 0 aromatic carbocycles. The molecule has 0 amide bonds. The molecule has 3 saturated carbocycles. The largest absolute Gasteiger partial charge is 0.508 e. The van der Waals surface area contributed by atoms with Crippen molar-refractivity contribution in [3.05, 3.63) is 60.8 Å². The Bertz CT molecular complexity index is 999. The molecule has 0 aliphatic heterocycles. The maximum Gasteiger partial charge on any atom is 0.508 e. The van der Waals surface area contributed by atoms with Crippen LogP contribution in [0.1, 0.15) is 66.2 Å². The minimum atomic E-state index is -1.10. The second-order valence-corrected chi connectivity index (χ2v) is 12.5. The van der Waals surface area contributed by atoms with Crippen LogP contribution in [0.5, 0.6) is 0 Å². The first-order chi connectivity index (χ1) is 17.4. The molecular weight excluding hydrogens is 464 g/mol. The molecule has 0 saturated heterocycles. The first kappa shape index (κ1) is 27.9.